The van der Waals surface area contributed by atoms with Crippen molar-refractivity contribution in [3.8, 4) is 5.75 Å². The fraction of sp³-hybridized carbons (Fsp3) is 0.462. The molecule has 0 spiro atoms. The summed E-state index contributed by atoms with van der Waals surface area (Å²) in [4.78, 5) is 25.7. The minimum Gasteiger partial charge on any atom is -0.497 e. The van der Waals surface area contributed by atoms with Gasteiger partial charge in [-0.2, -0.15) is 0 Å². The number of hydrogen-bond acceptors (Lipinski definition) is 5. The van der Waals surface area contributed by atoms with Gasteiger partial charge in [0.25, 0.3) is 5.69 Å². The fourth-order valence-corrected chi connectivity index (χ4v) is 2.30. The summed E-state index contributed by atoms with van der Waals surface area (Å²) < 4.78 is 5.13. The van der Waals surface area contributed by atoms with Gasteiger partial charge in [-0.3, -0.25) is 14.9 Å². The van der Waals surface area contributed by atoms with E-state index in [0.29, 0.717) is 37.6 Å². The smallest absolute Gasteiger partial charge is 0.292 e. The highest BCUT2D eigenvalue weighted by Crippen LogP contribution is 2.32. The number of anilines is 1. The Balaban J connectivity index is 2.23. The van der Waals surface area contributed by atoms with Gasteiger partial charge >= 0.3 is 0 Å². The SMILES string of the molecule is COc1ccc([N+](=O)[O-])c(N2CCN(C(C)=O)CC2)c1. The van der Waals surface area contributed by atoms with Crippen molar-refractivity contribution in [2.75, 3.05) is 38.2 Å². The standard InChI is InChI=1S/C13H17N3O4/c1-10(17)14-5-7-15(8-6-14)13-9-11(20-2)3-4-12(13)16(18)19/h3-4,9H,5-8H2,1-2H3. The van der Waals surface area contributed by atoms with Gasteiger partial charge in [0.1, 0.15) is 11.4 Å². The molecular formula is C13H17N3O4. The van der Waals surface area contributed by atoms with Gasteiger partial charge in [-0.15, -0.1) is 0 Å². The molecule has 1 amide bonds. The number of methoxy groups -OCH3 is 1. The molecule has 7 heteroatoms. The molecule has 1 aromatic rings. The molecule has 0 atom stereocenters. The molecule has 2 rings (SSSR count). The number of ether oxygens (including phenoxy) is 1. The first-order valence-corrected chi connectivity index (χ1v) is 6.36. The highest BCUT2D eigenvalue weighted by atomic mass is 16.6. The maximum Gasteiger partial charge on any atom is 0.292 e. The molecule has 1 aliphatic rings. The summed E-state index contributed by atoms with van der Waals surface area (Å²) >= 11 is 0. The number of carbonyl (C=O) groups excluding carboxylic acids is 1. The molecule has 0 radical (unpaired) electrons. The highest BCUT2D eigenvalue weighted by molar-refractivity contribution is 5.74. The van der Waals surface area contributed by atoms with Gasteiger partial charge in [0.15, 0.2) is 0 Å². The maximum absolute atomic E-state index is 11.3. The predicted octanol–water partition coefficient (Wildman–Crippen LogP) is 1.27. The topological polar surface area (TPSA) is 75.9 Å². The average molecular weight is 279 g/mol. The second-order valence-electron chi connectivity index (χ2n) is 4.60. The molecule has 20 heavy (non-hydrogen) atoms. The Morgan fingerprint density at radius 3 is 2.45 bits per heavy atom. The van der Waals surface area contributed by atoms with E-state index in [4.69, 9.17) is 4.74 Å². The van der Waals surface area contributed by atoms with Crippen LogP contribution in [0.4, 0.5) is 11.4 Å². The summed E-state index contributed by atoms with van der Waals surface area (Å²) in [6, 6.07) is 4.69. The Morgan fingerprint density at radius 2 is 1.95 bits per heavy atom. The van der Waals surface area contributed by atoms with Gasteiger partial charge in [-0.1, -0.05) is 0 Å². The lowest BCUT2D eigenvalue weighted by molar-refractivity contribution is -0.384. The van der Waals surface area contributed by atoms with Crippen molar-refractivity contribution in [1.29, 1.82) is 0 Å². The lowest BCUT2D eigenvalue weighted by Gasteiger charge is -2.35. The van der Waals surface area contributed by atoms with Crippen LogP contribution in [0.5, 0.6) is 5.75 Å². The Kier molecular flexibility index (Phi) is 4.07. The van der Waals surface area contributed by atoms with Crippen LogP contribution in [0.2, 0.25) is 0 Å². The van der Waals surface area contributed by atoms with E-state index in [1.807, 2.05) is 4.90 Å². The number of piperazine rings is 1. The molecule has 0 bridgehead atoms. The molecular weight excluding hydrogens is 262 g/mol. The molecule has 1 aliphatic heterocycles. The number of hydrogen-bond donors (Lipinski definition) is 0. The average Bonchev–Trinajstić information content (AvgIpc) is 2.46. The van der Waals surface area contributed by atoms with Crippen LogP contribution < -0.4 is 9.64 Å². The maximum atomic E-state index is 11.3. The lowest BCUT2D eigenvalue weighted by Crippen LogP contribution is -2.48. The number of nitro benzene ring substituents is 1. The first-order valence-electron chi connectivity index (χ1n) is 6.36. The lowest BCUT2D eigenvalue weighted by atomic mass is 10.2. The first-order chi connectivity index (χ1) is 9.52. The van der Waals surface area contributed by atoms with Crippen molar-refractivity contribution >= 4 is 17.3 Å². The number of carbonyl (C=O) groups is 1. The monoisotopic (exact) mass is 279 g/mol. The Morgan fingerprint density at radius 1 is 1.30 bits per heavy atom. The fourth-order valence-electron chi connectivity index (χ4n) is 2.30. The van der Waals surface area contributed by atoms with Crippen molar-refractivity contribution in [1.82, 2.24) is 4.90 Å². The predicted molar refractivity (Wildman–Crippen MR) is 74.1 cm³/mol. The summed E-state index contributed by atoms with van der Waals surface area (Å²) in [7, 11) is 1.53. The normalized spacial score (nSPS) is 15.1. The molecule has 0 unspecified atom stereocenters. The van der Waals surface area contributed by atoms with Crippen LogP contribution in [-0.2, 0) is 4.79 Å². The van der Waals surface area contributed by atoms with E-state index in [-0.39, 0.29) is 11.6 Å². The molecule has 7 nitrogen and oxygen atoms in total. The van der Waals surface area contributed by atoms with Gasteiger partial charge in [-0.05, 0) is 6.07 Å². The molecule has 1 aromatic carbocycles. The van der Waals surface area contributed by atoms with E-state index in [0.717, 1.165) is 0 Å². The summed E-state index contributed by atoms with van der Waals surface area (Å²) in [6.07, 6.45) is 0. The van der Waals surface area contributed by atoms with E-state index in [9.17, 15) is 14.9 Å². The zero-order valence-electron chi connectivity index (χ0n) is 11.5. The van der Waals surface area contributed by atoms with Gasteiger partial charge in [0.2, 0.25) is 5.91 Å². The minimum absolute atomic E-state index is 0.0322. The Labute approximate surface area is 116 Å². The van der Waals surface area contributed by atoms with Crippen molar-refractivity contribution in [3.63, 3.8) is 0 Å². The molecule has 1 heterocycles. The van der Waals surface area contributed by atoms with Crippen LogP contribution in [0.1, 0.15) is 6.92 Å². The van der Waals surface area contributed by atoms with E-state index in [1.165, 1.54) is 20.1 Å². The highest BCUT2D eigenvalue weighted by Gasteiger charge is 2.25. The Bertz CT molecular complexity index is 524. The van der Waals surface area contributed by atoms with Gasteiger partial charge < -0.3 is 14.5 Å². The van der Waals surface area contributed by atoms with E-state index >= 15 is 0 Å². The third-order valence-electron chi connectivity index (χ3n) is 3.44. The molecule has 0 saturated carbocycles. The van der Waals surface area contributed by atoms with Crippen molar-refractivity contribution in [3.05, 3.63) is 28.3 Å². The van der Waals surface area contributed by atoms with Crippen molar-refractivity contribution in [2.45, 2.75) is 6.92 Å². The number of amides is 1. The molecule has 0 N–H and O–H groups in total. The molecule has 1 saturated heterocycles. The second-order valence-corrected chi connectivity index (χ2v) is 4.60. The van der Waals surface area contributed by atoms with E-state index in [1.54, 1.807) is 17.0 Å². The Hall–Kier alpha value is -2.31. The van der Waals surface area contributed by atoms with Gasteiger partial charge in [0, 0.05) is 45.2 Å². The van der Waals surface area contributed by atoms with Crippen LogP contribution in [0.15, 0.2) is 18.2 Å². The molecule has 1 fully saturated rings. The summed E-state index contributed by atoms with van der Waals surface area (Å²) in [5.41, 5.74) is 0.597. The summed E-state index contributed by atoms with van der Waals surface area (Å²) in [6.45, 7) is 3.83. The van der Waals surface area contributed by atoms with E-state index < -0.39 is 4.92 Å². The summed E-state index contributed by atoms with van der Waals surface area (Å²) in [5, 5.41) is 11.1. The third kappa shape index (κ3) is 2.81. The van der Waals surface area contributed by atoms with Crippen molar-refractivity contribution < 1.29 is 14.5 Å². The number of benzene rings is 1. The zero-order valence-corrected chi connectivity index (χ0v) is 11.5. The number of nitro groups is 1. The first kappa shape index (κ1) is 14.1. The second kappa shape index (κ2) is 5.77. The quantitative estimate of drug-likeness (QED) is 0.615. The molecule has 108 valence electrons. The van der Waals surface area contributed by atoms with Crippen molar-refractivity contribution in [2.24, 2.45) is 0 Å². The van der Waals surface area contributed by atoms with Crippen LogP contribution in [0.25, 0.3) is 0 Å². The van der Waals surface area contributed by atoms with Crippen LogP contribution in [0, 0.1) is 10.1 Å². The number of nitrogens with zero attached hydrogens (tertiary/aromatic N) is 3. The van der Waals surface area contributed by atoms with Crippen LogP contribution in [0.3, 0.4) is 0 Å². The van der Waals surface area contributed by atoms with Gasteiger partial charge in [-0.25, -0.2) is 0 Å². The number of rotatable bonds is 3. The van der Waals surface area contributed by atoms with Crippen LogP contribution in [-0.4, -0.2) is 49.0 Å². The molecule has 0 aliphatic carbocycles. The minimum atomic E-state index is -0.397. The summed E-state index contributed by atoms with van der Waals surface area (Å²) in [5.74, 6) is 0.615. The van der Waals surface area contributed by atoms with Crippen LogP contribution >= 0.6 is 0 Å². The third-order valence-corrected chi connectivity index (χ3v) is 3.44. The zero-order chi connectivity index (χ0) is 14.7. The van der Waals surface area contributed by atoms with E-state index in [2.05, 4.69) is 0 Å². The largest absolute Gasteiger partial charge is 0.497 e. The van der Waals surface area contributed by atoms with Gasteiger partial charge in [0.05, 0.1) is 12.0 Å². The molecule has 0 aromatic heterocycles.